The van der Waals surface area contributed by atoms with Crippen LogP contribution in [0.15, 0.2) is 48.2 Å². The van der Waals surface area contributed by atoms with Gasteiger partial charge < -0.3 is 23.5 Å². The van der Waals surface area contributed by atoms with Gasteiger partial charge in [0.2, 0.25) is 14.9 Å². The quantitative estimate of drug-likeness (QED) is 0.147. The fraction of sp³-hybridized carbons (Fsp3) is 0.633. The van der Waals surface area contributed by atoms with Crippen LogP contribution >= 0.6 is 0 Å². The number of methoxy groups -OCH3 is 1. The minimum Gasteiger partial charge on any atom is -0.457 e. The molecule has 0 saturated carbocycles. The summed E-state index contributed by atoms with van der Waals surface area (Å²) in [5.41, 5.74) is 1.71. The summed E-state index contributed by atoms with van der Waals surface area (Å²) in [5, 5.41) is 0. The summed E-state index contributed by atoms with van der Waals surface area (Å²) in [4.78, 5) is 43.0. The molecule has 0 aromatic heterocycles. The van der Waals surface area contributed by atoms with Gasteiger partial charge in [0.25, 0.3) is 0 Å². The van der Waals surface area contributed by atoms with Crippen LogP contribution in [0.4, 0.5) is 4.79 Å². The molecule has 0 bridgehead atoms. The van der Waals surface area contributed by atoms with E-state index < -0.39 is 21.1 Å². The van der Waals surface area contributed by atoms with Gasteiger partial charge in [-0.2, -0.15) is 0 Å². The van der Waals surface area contributed by atoms with Crippen molar-refractivity contribution in [1.82, 2.24) is 9.80 Å². The molecule has 0 aromatic rings. The molecular weight excluding hydrogens is 528 g/mol. The Kier molecular flexibility index (Phi) is 10.6. The number of amides is 2. The standard InChI is InChI=1S/C30H45N2O7Si/c1-10-12-37-28(34)26-22(19(3)14-20-15-21(36-7)17-31(20)29(35)38-13-11-2)16-24-25(27(33)32(24)26)23(30(4,5)6)18-39-40(8)9/h10-11,14,20-21,23-25H,1-2,12-13,15-18H2,3-9H3/t20-,21-,23-,24-,25+/m1/s1. The number of hydrogen-bond donors (Lipinski definition) is 0. The number of allylic oxidation sites excluding steroid dienone is 1. The van der Waals surface area contributed by atoms with Gasteiger partial charge in [-0.25, -0.2) is 9.59 Å². The Morgan fingerprint density at radius 2 is 1.80 bits per heavy atom. The van der Waals surface area contributed by atoms with E-state index in [1.807, 2.05) is 13.0 Å². The third-order valence-corrected chi connectivity index (χ3v) is 8.69. The van der Waals surface area contributed by atoms with Crippen LogP contribution in [0.1, 0.15) is 40.5 Å². The Morgan fingerprint density at radius 3 is 2.38 bits per heavy atom. The lowest BCUT2D eigenvalue weighted by Gasteiger charge is -2.50. The van der Waals surface area contributed by atoms with Crippen molar-refractivity contribution in [2.75, 3.05) is 33.5 Å². The van der Waals surface area contributed by atoms with Crippen LogP contribution in [-0.4, -0.2) is 88.5 Å². The van der Waals surface area contributed by atoms with E-state index in [9.17, 15) is 14.4 Å². The Hall–Kier alpha value is -2.69. The molecule has 2 amide bonds. The highest BCUT2D eigenvalue weighted by molar-refractivity contribution is 6.48. The van der Waals surface area contributed by atoms with Crippen molar-refractivity contribution < 1.29 is 33.0 Å². The van der Waals surface area contributed by atoms with Crippen molar-refractivity contribution in [2.45, 2.75) is 71.8 Å². The minimum atomic E-state index is -0.927. The Balaban J connectivity index is 1.95. The van der Waals surface area contributed by atoms with Crippen molar-refractivity contribution in [3.05, 3.63) is 48.2 Å². The summed E-state index contributed by atoms with van der Waals surface area (Å²) >= 11 is 0. The highest BCUT2D eigenvalue weighted by atomic mass is 28.3. The van der Waals surface area contributed by atoms with Gasteiger partial charge in [0.1, 0.15) is 18.9 Å². The molecular formula is C30H45N2O7Si. The van der Waals surface area contributed by atoms with Gasteiger partial charge in [-0.3, -0.25) is 9.69 Å². The molecule has 5 atom stereocenters. The smallest absolute Gasteiger partial charge is 0.410 e. The van der Waals surface area contributed by atoms with Crippen LogP contribution in [0.2, 0.25) is 13.1 Å². The first-order valence-electron chi connectivity index (χ1n) is 13.9. The summed E-state index contributed by atoms with van der Waals surface area (Å²) in [6.07, 6.45) is 5.55. The lowest BCUT2D eigenvalue weighted by atomic mass is 9.66. The molecule has 3 aliphatic heterocycles. The minimum absolute atomic E-state index is 0.00245. The average Bonchev–Trinajstić information content (AvgIpc) is 3.46. The molecule has 9 nitrogen and oxygen atoms in total. The summed E-state index contributed by atoms with van der Waals surface area (Å²) in [6, 6.07) is -0.441. The first kappa shape index (κ1) is 31.8. The lowest BCUT2D eigenvalue weighted by Crippen LogP contribution is -2.63. The zero-order valence-corrected chi connectivity index (χ0v) is 26.0. The van der Waals surface area contributed by atoms with Crippen molar-refractivity contribution in [2.24, 2.45) is 17.3 Å². The van der Waals surface area contributed by atoms with E-state index in [4.69, 9.17) is 18.6 Å². The van der Waals surface area contributed by atoms with Crippen LogP contribution in [0.5, 0.6) is 0 Å². The predicted octanol–water partition coefficient (Wildman–Crippen LogP) is 4.49. The molecule has 0 aliphatic carbocycles. The van der Waals surface area contributed by atoms with Gasteiger partial charge in [-0.05, 0) is 55.3 Å². The van der Waals surface area contributed by atoms with E-state index in [2.05, 4.69) is 47.0 Å². The number of carbonyl (C=O) groups is 3. The largest absolute Gasteiger partial charge is 0.457 e. The second kappa shape index (κ2) is 13.3. The number of nitrogens with zero attached hydrogens (tertiary/aromatic N) is 2. The second-order valence-corrected chi connectivity index (χ2v) is 14.0. The molecule has 0 unspecified atom stereocenters. The normalized spacial score (nSPS) is 25.6. The Labute approximate surface area is 240 Å². The number of β-lactam (4-membered cyclic amide) rings is 1. The Bertz CT molecular complexity index is 1060. The zero-order valence-electron chi connectivity index (χ0n) is 25.0. The fourth-order valence-corrected chi connectivity index (χ4v) is 6.35. The van der Waals surface area contributed by atoms with Crippen molar-refractivity contribution in [1.29, 1.82) is 0 Å². The number of rotatable bonds is 12. The lowest BCUT2D eigenvalue weighted by molar-refractivity contribution is -0.163. The van der Waals surface area contributed by atoms with E-state index in [1.54, 1.807) is 16.9 Å². The molecule has 2 fully saturated rings. The second-order valence-electron chi connectivity index (χ2n) is 11.9. The summed E-state index contributed by atoms with van der Waals surface area (Å²) in [7, 11) is 0.695. The highest BCUT2D eigenvalue weighted by Crippen LogP contribution is 2.51. The molecule has 3 aliphatic rings. The maximum Gasteiger partial charge on any atom is 0.410 e. The Morgan fingerprint density at radius 1 is 1.15 bits per heavy atom. The van der Waals surface area contributed by atoms with Crippen LogP contribution < -0.4 is 0 Å². The average molecular weight is 574 g/mol. The predicted molar refractivity (Wildman–Crippen MR) is 155 cm³/mol. The van der Waals surface area contributed by atoms with E-state index in [0.29, 0.717) is 26.0 Å². The van der Waals surface area contributed by atoms with E-state index in [1.165, 1.54) is 12.2 Å². The highest BCUT2D eigenvalue weighted by Gasteiger charge is 2.59. The molecule has 3 rings (SSSR count). The van der Waals surface area contributed by atoms with Gasteiger partial charge >= 0.3 is 12.1 Å². The topological polar surface area (TPSA) is 94.6 Å². The van der Waals surface area contributed by atoms with E-state index in [-0.39, 0.29) is 60.3 Å². The van der Waals surface area contributed by atoms with Gasteiger partial charge in [0.15, 0.2) is 0 Å². The van der Waals surface area contributed by atoms with E-state index >= 15 is 0 Å². The van der Waals surface area contributed by atoms with Crippen LogP contribution in [0.25, 0.3) is 0 Å². The molecule has 2 saturated heterocycles. The third-order valence-electron chi connectivity index (χ3n) is 7.95. The summed E-state index contributed by atoms with van der Waals surface area (Å²) < 4.78 is 22.4. The molecule has 0 aromatic carbocycles. The molecule has 0 N–H and O–H groups in total. The fourth-order valence-electron chi connectivity index (χ4n) is 5.84. The maximum absolute atomic E-state index is 13.7. The van der Waals surface area contributed by atoms with Crippen LogP contribution in [0, 0.1) is 17.3 Å². The number of likely N-dealkylation sites (tertiary alicyclic amines) is 1. The maximum atomic E-state index is 13.7. The molecule has 3 heterocycles. The third kappa shape index (κ3) is 6.78. The monoisotopic (exact) mass is 573 g/mol. The summed E-state index contributed by atoms with van der Waals surface area (Å²) in [6.45, 7) is 20.8. The molecule has 1 radical (unpaired) electrons. The van der Waals surface area contributed by atoms with Gasteiger partial charge in [0.05, 0.1) is 30.7 Å². The van der Waals surface area contributed by atoms with Crippen molar-refractivity contribution in [3.8, 4) is 0 Å². The SMILES string of the molecule is C=CCOC(=O)C1=C(C(C)=C[C@@H]2C[C@@H](OC)CN2C(=O)OCC=C)C[C@@H]2[C@H]([C@@H](CO[Si](C)C)C(C)(C)C)C(=O)N12. The first-order valence-corrected chi connectivity index (χ1v) is 16.3. The molecule has 40 heavy (non-hydrogen) atoms. The van der Waals surface area contributed by atoms with Gasteiger partial charge in [-0.15, -0.1) is 0 Å². The molecule has 221 valence electrons. The number of fused-ring (bicyclic) bond motifs is 1. The first-order chi connectivity index (χ1) is 18.8. The van der Waals surface area contributed by atoms with Crippen LogP contribution in [0.3, 0.4) is 0 Å². The van der Waals surface area contributed by atoms with Gasteiger partial charge in [-0.1, -0.05) is 52.2 Å². The van der Waals surface area contributed by atoms with Crippen LogP contribution in [-0.2, 0) is 28.2 Å². The van der Waals surface area contributed by atoms with E-state index in [0.717, 1.165) is 11.1 Å². The van der Waals surface area contributed by atoms with Crippen molar-refractivity contribution >= 4 is 27.0 Å². The molecule has 10 heteroatoms. The number of carbonyl (C=O) groups excluding carboxylic acids is 3. The molecule has 0 spiro atoms. The number of hydrogen-bond acceptors (Lipinski definition) is 7. The summed E-state index contributed by atoms with van der Waals surface area (Å²) in [5.74, 6) is -0.874. The number of ether oxygens (including phenoxy) is 3. The zero-order chi connectivity index (χ0) is 29.8. The number of esters is 1. The van der Waals surface area contributed by atoms with Crippen molar-refractivity contribution in [3.63, 3.8) is 0 Å². The van der Waals surface area contributed by atoms with Gasteiger partial charge in [0, 0.05) is 13.7 Å².